The number of hydrogen-bond acceptors (Lipinski definition) is 8. The fraction of sp³-hybridized carbons (Fsp3) is 0.500. The number of hydrogen-bond donors (Lipinski definition) is 3. The van der Waals surface area contributed by atoms with E-state index in [2.05, 4.69) is 10.6 Å². The largest absolute Gasteiger partial charge is 0.480 e. The number of nitrogens with zero attached hydrogens (tertiary/aromatic N) is 2. The molecule has 1 unspecified atom stereocenters. The first kappa shape index (κ1) is 29.3. The Kier molecular flexibility index (Phi) is 9.04. The van der Waals surface area contributed by atoms with Crippen LogP contribution in [0.15, 0.2) is 18.2 Å². The molecule has 0 aliphatic carbocycles. The molecule has 1 fully saturated rings. The minimum Gasteiger partial charge on any atom is -0.480 e. The monoisotopic (exact) mass is 544 g/mol. The van der Waals surface area contributed by atoms with Crippen LogP contribution in [0.5, 0.6) is 0 Å². The maximum atomic E-state index is 13.1. The van der Waals surface area contributed by atoms with Gasteiger partial charge in [0, 0.05) is 19.5 Å². The number of carbonyl (C=O) groups is 7. The molecular formula is C26H32N4O9. The molecule has 13 nitrogen and oxygen atoms in total. The Labute approximate surface area is 224 Å². The summed E-state index contributed by atoms with van der Waals surface area (Å²) in [6, 6.07) is 3.46. The normalized spacial score (nSPS) is 17.0. The van der Waals surface area contributed by atoms with Crippen molar-refractivity contribution in [1.82, 2.24) is 20.4 Å². The van der Waals surface area contributed by atoms with Crippen LogP contribution in [0.2, 0.25) is 0 Å². The first-order valence-electron chi connectivity index (χ1n) is 12.6. The molecule has 6 amide bonds. The zero-order valence-corrected chi connectivity index (χ0v) is 22.1. The Morgan fingerprint density at radius 1 is 1.13 bits per heavy atom. The first-order chi connectivity index (χ1) is 18.3. The highest BCUT2D eigenvalue weighted by Gasteiger charge is 2.45. The van der Waals surface area contributed by atoms with Crippen LogP contribution in [-0.4, -0.2) is 87.8 Å². The highest BCUT2D eigenvalue weighted by molar-refractivity contribution is 6.24. The van der Waals surface area contributed by atoms with E-state index in [4.69, 9.17) is 9.84 Å². The van der Waals surface area contributed by atoms with Crippen molar-refractivity contribution in [3.05, 3.63) is 34.9 Å². The van der Waals surface area contributed by atoms with Crippen molar-refractivity contribution in [2.24, 2.45) is 0 Å². The number of amides is 6. The number of imide groups is 2. The van der Waals surface area contributed by atoms with E-state index in [1.54, 1.807) is 32.9 Å². The van der Waals surface area contributed by atoms with Gasteiger partial charge in [-0.1, -0.05) is 12.1 Å². The second-order valence-electron chi connectivity index (χ2n) is 10.3. The van der Waals surface area contributed by atoms with E-state index in [9.17, 15) is 33.6 Å². The lowest BCUT2D eigenvalue weighted by molar-refractivity contribution is -0.138. The molecule has 0 bridgehead atoms. The number of carboxylic acids is 1. The van der Waals surface area contributed by atoms with E-state index in [0.29, 0.717) is 18.4 Å². The Hall–Kier alpha value is -4.29. The fourth-order valence-electron chi connectivity index (χ4n) is 4.35. The molecule has 39 heavy (non-hydrogen) atoms. The van der Waals surface area contributed by atoms with E-state index in [0.717, 1.165) is 9.80 Å². The minimum absolute atomic E-state index is 0.00488. The van der Waals surface area contributed by atoms with Crippen molar-refractivity contribution in [3.63, 3.8) is 0 Å². The molecule has 1 aromatic rings. The molecule has 3 N–H and O–H groups in total. The predicted molar refractivity (Wildman–Crippen MR) is 135 cm³/mol. The summed E-state index contributed by atoms with van der Waals surface area (Å²) in [5.41, 5.74) is -0.292. The van der Waals surface area contributed by atoms with Crippen molar-refractivity contribution in [1.29, 1.82) is 0 Å². The molecule has 13 heteroatoms. The van der Waals surface area contributed by atoms with Crippen molar-refractivity contribution in [2.75, 3.05) is 19.6 Å². The van der Waals surface area contributed by atoms with Gasteiger partial charge >= 0.3 is 12.1 Å². The van der Waals surface area contributed by atoms with Gasteiger partial charge in [-0.2, -0.15) is 0 Å². The van der Waals surface area contributed by atoms with Crippen LogP contribution >= 0.6 is 0 Å². The lowest BCUT2D eigenvalue weighted by Crippen LogP contribution is -2.54. The third-order valence-corrected chi connectivity index (χ3v) is 6.06. The zero-order chi connectivity index (χ0) is 28.9. The quantitative estimate of drug-likeness (QED) is 0.284. The van der Waals surface area contributed by atoms with Crippen molar-refractivity contribution >= 4 is 41.6 Å². The Bertz CT molecular complexity index is 1200. The SMILES string of the molecule is CC(C)(C)OC(=O)N(CCCCNC(=O)Cc1cccc2c1C(=O)N(C1CCC(=O)NC1=O)C2=O)CC(=O)O. The molecule has 2 heterocycles. The van der Waals surface area contributed by atoms with Crippen LogP contribution in [0.4, 0.5) is 4.79 Å². The molecule has 0 saturated carbocycles. The van der Waals surface area contributed by atoms with Gasteiger partial charge in [0.25, 0.3) is 11.8 Å². The van der Waals surface area contributed by atoms with E-state index in [-0.39, 0.29) is 43.5 Å². The molecule has 210 valence electrons. The first-order valence-corrected chi connectivity index (χ1v) is 12.6. The van der Waals surface area contributed by atoms with Crippen LogP contribution in [-0.2, 0) is 30.3 Å². The number of ether oxygens (including phenoxy) is 1. The smallest absolute Gasteiger partial charge is 0.410 e. The number of fused-ring (bicyclic) bond motifs is 1. The third kappa shape index (κ3) is 7.39. The van der Waals surface area contributed by atoms with E-state index < -0.39 is 59.8 Å². The molecule has 3 rings (SSSR count). The number of carbonyl (C=O) groups excluding carboxylic acids is 6. The summed E-state index contributed by atoms with van der Waals surface area (Å²) in [5, 5.41) is 13.9. The molecule has 1 aromatic carbocycles. The van der Waals surface area contributed by atoms with Gasteiger partial charge in [-0.25, -0.2) is 4.79 Å². The van der Waals surface area contributed by atoms with Gasteiger partial charge in [0.05, 0.1) is 17.5 Å². The number of unbranched alkanes of at least 4 members (excludes halogenated alkanes) is 1. The van der Waals surface area contributed by atoms with Crippen molar-refractivity contribution < 1.29 is 43.4 Å². The van der Waals surface area contributed by atoms with Crippen molar-refractivity contribution in [2.45, 2.75) is 64.5 Å². The van der Waals surface area contributed by atoms with E-state index in [1.807, 2.05) is 0 Å². The van der Waals surface area contributed by atoms with Crippen LogP contribution < -0.4 is 10.6 Å². The van der Waals surface area contributed by atoms with Crippen LogP contribution in [0.3, 0.4) is 0 Å². The van der Waals surface area contributed by atoms with Gasteiger partial charge in [-0.15, -0.1) is 0 Å². The summed E-state index contributed by atoms with van der Waals surface area (Å²) in [6.45, 7) is 4.88. The zero-order valence-electron chi connectivity index (χ0n) is 22.1. The molecule has 2 aliphatic heterocycles. The molecule has 0 spiro atoms. The minimum atomic E-state index is -1.17. The summed E-state index contributed by atoms with van der Waals surface area (Å²) in [4.78, 5) is 87.7. The number of nitrogens with one attached hydrogen (secondary N) is 2. The number of rotatable bonds is 10. The summed E-state index contributed by atoms with van der Waals surface area (Å²) in [6.07, 6.45) is -0.0412. The summed E-state index contributed by atoms with van der Waals surface area (Å²) in [5.74, 6) is -4.10. The standard InChI is InChI=1S/C26H32N4O9/c1-26(2,3)39-25(38)29(14-20(33)34)12-5-4-11-27-19(32)13-15-7-6-8-16-21(15)24(37)30(23(16)36)17-9-10-18(31)28-22(17)35/h6-8,17H,4-5,9-14H2,1-3H3,(H,27,32)(H,33,34)(H,28,31,35). The summed E-state index contributed by atoms with van der Waals surface area (Å²) in [7, 11) is 0. The summed E-state index contributed by atoms with van der Waals surface area (Å²) < 4.78 is 5.23. The van der Waals surface area contributed by atoms with Gasteiger partial charge in [0.1, 0.15) is 18.2 Å². The van der Waals surface area contributed by atoms with E-state index in [1.165, 1.54) is 6.07 Å². The fourth-order valence-corrected chi connectivity index (χ4v) is 4.35. The molecular weight excluding hydrogens is 512 g/mol. The van der Waals surface area contributed by atoms with Gasteiger partial charge < -0.3 is 15.2 Å². The predicted octanol–water partition coefficient (Wildman–Crippen LogP) is 0.848. The maximum Gasteiger partial charge on any atom is 0.410 e. The number of piperidine rings is 1. The topological polar surface area (TPSA) is 179 Å². The average molecular weight is 545 g/mol. The lowest BCUT2D eigenvalue weighted by Gasteiger charge is -2.27. The Morgan fingerprint density at radius 2 is 1.85 bits per heavy atom. The van der Waals surface area contributed by atoms with Gasteiger partial charge in [-0.3, -0.25) is 43.9 Å². The second kappa shape index (κ2) is 12.0. The van der Waals surface area contributed by atoms with Gasteiger partial charge in [-0.05, 0) is 51.7 Å². The molecule has 1 saturated heterocycles. The highest BCUT2D eigenvalue weighted by atomic mass is 16.6. The third-order valence-electron chi connectivity index (χ3n) is 6.06. The van der Waals surface area contributed by atoms with Crippen LogP contribution in [0.1, 0.15) is 72.7 Å². The Balaban J connectivity index is 1.54. The van der Waals surface area contributed by atoms with Crippen LogP contribution in [0, 0.1) is 0 Å². The number of benzene rings is 1. The highest BCUT2D eigenvalue weighted by Crippen LogP contribution is 2.30. The van der Waals surface area contributed by atoms with E-state index >= 15 is 0 Å². The second-order valence-corrected chi connectivity index (χ2v) is 10.3. The van der Waals surface area contributed by atoms with Gasteiger partial charge in [0.2, 0.25) is 17.7 Å². The van der Waals surface area contributed by atoms with Gasteiger partial charge in [0.15, 0.2) is 0 Å². The number of carboxylic acid groups (broad SMARTS) is 1. The molecule has 0 aromatic heterocycles. The summed E-state index contributed by atoms with van der Waals surface area (Å²) >= 11 is 0. The van der Waals surface area contributed by atoms with Crippen molar-refractivity contribution in [3.8, 4) is 0 Å². The molecule has 2 aliphatic rings. The molecule has 0 radical (unpaired) electrons. The number of aliphatic carboxylic acids is 1. The van der Waals surface area contributed by atoms with Crippen LogP contribution in [0.25, 0.3) is 0 Å². The lowest BCUT2D eigenvalue weighted by atomic mass is 10.00. The Morgan fingerprint density at radius 3 is 2.49 bits per heavy atom. The maximum absolute atomic E-state index is 13.1. The molecule has 1 atom stereocenters. The average Bonchev–Trinajstić information content (AvgIpc) is 3.07.